The molecule has 0 fully saturated rings. The van der Waals surface area contributed by atoms with Gasteiger partial charge in [-0.25, -0.2) is 0 Å². The zero-order valence-corrected chi connectivity index (χ0v) is 14.5. The quantitative estimate of drug-likeness (QED) is 0.589. The Labute approximate surface area is 149 Å². The van der Waals surface area contributed by atoms with E-state index >= 15 is 0 Å². The second-order valence-electron chi connectivity index (χ2n) is 5.25. The molecule has 0 spiro atoms. The number of nitrogens with two attached hydrogens (primary N) is 1. The summed E-state index contributed by atoms with van der Waals surface area (Å²) in [5.41, 5.74) is 8.40. The van der Waals surface area contributed by atoms with Crippen LogP contribution in [0.4, 0.5) is 23.0 Å². The fourth-order valence-corrected chi connectivity index (χ4v) is 2.77. The first-order valence-electron chi connectivity index (χ1n) is 7.60. The topological polar surface area (TPSA) is 97.9 Å². The van der Waals surface area contributed by atoms with Crippen LogP contribution in [0.2, 0.25) is 0 Å². The number of anilines is 4. The van der Waals surface area contributed by atoms with Gasteiger partial charge in [0.05, 0.1) is 0 Å². The summed E-state index contributed by atoms with van der Waals surface area (Å²) in [7, 11) is 0. The molecule has 1 heterocycles. The Balaban J connectivity index is 1.61. The Kier molecular flexibility index (Phi) is 5.20. The summed E-state index contributed by atoms with van der Waals surface area (Å²) in [4.78, 5) is 12.2. The smallest absolute Gasteiger partial charge is 0.244 e. The molecule has 0 saturated heterocycles. The number of amides is 1. The SMILES string of the molecule is CSc1nnc(N)n1CC(=O)Nc1ccc(Nc2ccccc2)cc1. The van der Waals surface area contributed by atoms with Gasteiger partial charge in [0.25, 0.3) is 0 Å². The number of nitrogens with zero attached hydrogens (tertiary/aromatic N) is 3. The number of aromatic nitrogens is 3. The van der Waals surface area contributed by atoms with Crippen molar-refractivity contribution < 1.29 is 4.79 Å². The van der Waals surface area contributed by atoms with Gasteiger partial charge >= 0.3 is 0 Å². The normalized spacial score (nSPS) is 10.4. The van der Waals surface area contributed by atoms with Crippen LogP contribution >= 0.6 is 11.8 Å². The van der Waals surface area contributed by atoms with Gasteiger partial charge in [0.15, 0.2) is 5.16 Å². The van der Waals surface area contributed by atoms with E-state index in [1.165, 1.54) is 11.8 Å². The molecule has 0 aliphatic carbocycles. The molecule has 8 heteroatoms. The van der Waals surface area contributed by atoms with Gasteiger partial charge in [0, 0.05) is 17.1 Å². The Morgan fingerprint density at radius 3 is 2.36 bits per heavy atom. The highest BCUT2D eigenvalue weighted by molar-refractivity contribution is 7.98. The maximum Gasteiger partial charge on any atom is 0.244 e. The van der Waals surface area contributed by atoms with Crippen LogP contribution in [0.15, 0.2) is 59.8 Å². The van der Waals surface area contributed by atoms with Gasteiger partial charge in [-0.2, -0.15) is 0 Å². The molecule has 0 unspecified atom stereocenters. The van der Waals surface area contributed by atoms with Crippen molar-refractivity contribution in [3.05, 3.63) is 54.6 Å². The molecule has 4 N–H and O–H groups in total. The molecule has 1 aromatic heterocycles. The van der Waals surface area contributed by atoms with Crippen molar-refractivity contribution in [1.82, 2.24) is 14.8 Å². The molecule has 0 saturated carbocycles. The second kappa shape index (κ2) is 7.71. The van der Waals surface area contributed by atoms with E-state index in [2.05, 4.69) is 20.8 Å². The number of carbonyl (C=O) groups is 1. The molecule has 0 radical (unpaired) electrons. The van der Waals surface area contributed by atoms with Crippen LogP contribution in [0.1, 0.15) is 0 Å². The van der Waals surface area contributed by atoms with Crippen molar-refractivity contribution in [2.75, 3.05) is 22.6 Å². The van der Waals surface area contributed by atoms with Gasteiger partial charge < -0.3 is 16.4 Å². The molecule has 3 aromatic rings. The Morgan fingerprint density at radius 2 is 1.68 bits per heavy atom. The van der Waals surface area contributed by atoms with E-state index in [1.807, 2.05) is 60.9 Å². The standard InChI is InChI=1S/C17H18N6OS/c1-25-17-22-21-16(18)23(17)11-15(24)20-14-9-7-13(8-10-14)19-12-5-3-2-4-6-12/h2-10,19H,11H2,1H3,(H2,18,21)(H,20,24). The lowest BCUT2D eigenvalue weighted by Crippen LogP contribution is -2.20. The summed E-state index contributed by atoms with van der Waals surface area (Å²) in [5.74, 6) is 0.0347. The average molecular weight is 354 g/mol. The number of carbonyl (C=O) groups excluding carboxylic acids is 1. The van der Waals surface area contributed by atoms with Crippen LogP contribution in [0, 0.1) is 0 Å². The molecule has 0 bridgehead atoms. The van der Waals surface area contributed by atoms with Gasteiger partial charge in [-0.1, -0.05) is 30.0 Å². The summed E-state index contributed by atoms with van der Waals surface area (Å²) in [6, 6.07) is 17.4. The monoisotopic (exact) mass is 354 g/mol. The van der Waals surface area contributed by atoms with Crippen LogP contribution in [0.25, 0.3) is 0 Å². The van der Waals surface area contributed by atoms with Gasteiger partial charge in [-0.05, 0) is 42.7 Å². The number of rotatable bonds is 6. The zero-order valence-electron chi connectivity index (χ0n) is 13.6. The van der Waals surface area contributed by atoms with Crippen molar-refractivity contribution in [3.8, 4) is 0 Å². The highest BCUT2D eigenvalue weighted by Crippen LogP contribution is 2.19. The van der Waals surface area contributed by atoms with Crippen LogP contribution in [-0.2, 0) is 11.3 Å². The van der Waals surface area contributed by atoms with Crippen LogP contribution in [0.3, 0.4) is 0 Å². The predicted octanol–water partition coefficient (Wildman–Crippen LogP) is 2.96. The molecule has 0 aliphatic heterocycles. The molecule has 25 heavy (non-hydrogen) atoms. The number of nitrogens with one attached hydrogen (secondary N) is 2. The molecule has 1 amide bonds. The summed E-state index contributed by atoms with van der Waals surface area (Å²) < 4.78 is 1.57. The van der Waals surface area contributed by atoms with E-state index in [1.54, 1.807) is 4.57 Å². The first-order valence-corrected chi connectivity index (χ1v) is 8.83. The van der Waals surface area contributed by atoms with E-state index in [0.29, 0.717) is 10.8 Å². The van der Waals surface area contributed by atoms with Gasteiger partial charge in [-0.15, -0.1) is 10.2 Å². The number of benzene rings is 2. The summed E-state index contributed by atoms with van der Waals surface area (Å²) >= 11 is 1.39. The molecule has 2 aromatic carbocycles. The van der Waals surface area contributed by atoms with Crippen molar-refractivity contribution in [2.24, 2.45) is 0 Å². The first-order chi connectivity index (χ1) is 12.2. The Bertz CT molecular complexity index is 847. The van der Waals surface area contributed by atoms with Gasteiger partial charge in [0.1, 0.15) is 6.54 Å². The largest absolute Gasteiger partial charge is 0.368 e. The lowest BCUT2D eigenvalue weighted by Gasteiger charge is -2.10. The number of thioether (sulfide) groups is 1. The Morgan fingerprint density at radius 1 is 1.04 bits per heavy atom. The summed E-state index contributed by atoms with van der Waals surface area (Å²) in [6.45, 7) is 0.0685. The summed E-state index contributed by atoms with van der Waals surface area (Å²) in [6.07, 6.45) is 1.86. The molecule has 0 atom stereocenters. The number of hydrogen-bond acceptors (Lipinski definition) is 6. The lowest BCUT2D eigenvalue weighted by molar-refractivity contribution is -0.116. The van der Waals surface area contributed by atoms with Crippen LogP contribution in [0.5, 0.6) is 0 Å². The third-order valence-electron chi connectivity index (χ3n) is 3.46. The summed E-state index contributed by atoms with van der Waals surface area (Å²) in [5, 5.41) is 14.4. The third-order valence-corrected chi connectivity index (χ3v) is 4.13. The number of para-hydroxylation sites is 1. The van der Waals surface area contributed by atoms with Crippen molar-refractivity contribution in [2.45, 2.75) is 11.7 Å². The minimum Gasteiger partial charge on any atom is -0.368 e. The zero-order chi connectivity index (χ0) is 17.6. The van der Waals surface area contributed by atoms with Crippen molar-refractivity contribution in [1.29, 1.82) is 0 Å². The van der Waals surface area contributed by atoms with E-state index in [9.17, 15) is 4.79 Å². The van der Waals surface area contributed by atoms with Crippen LogP contribution in [-0.4, -0.2) is 26.9 Å². The third kappa shape index (κ3) is 4.30. The average Bonchev–Trinajstić information content (AvgIpc) is 2.97. The maximum atomic E-state index is 12.2. The molecular weight excluding hydrogens is 336 g/mol. The highest BCUT2D eigenvalue weighted by Gasteiger charge is 2.12. The predicted molar refractivity (Wildman–Crippen MR) is 101 cm³/mol. The number of hydrogen-bond donors (Lipinski definition) is 3. The fraction of sp³-hybridized carbons (Fsp3) is 0.118. The van der Waals surface area contributed by atoms with E-state index in [0.717, 1.165) is 11.4 Å². The first kappa shape index (κ1) is 16.8. The van der Waals surface area contributed by atoms with E-state index < -0.39 is 0 Å². The fourth-order valence-electron chi connectivity index (χ4n) is 2.27. The van der Waals surface area contributed by atoms with E-state index in [4.69, 9.17) is 5.73 Å². The van der Waals surface area contributed by atoms with Crippen molar-refractivity contribution in [3.63, 3.8) is 0 Å². The Hall–Kier alpha value is -3.00. The second-order valence-corrected chi connectivity index (χ2v) is 6.02. The number of nitrogen functional groups attached to an aromatic ring is 1. The molecule has 0 aliphatic rings. The molecule has 7 nitrogen and oxygen atoms in total. The maximum absolute atomic E-state index is 12.2. The molecule has 128 valence electrons. The van der Waals surface area contributed by atoms with E-state index in [-0.39, 0.29) is 18.4 Å². The highest BCUT2D eigenvalue weighted by atomic mass is 32.2. The lowest BCUT2D eigenvalue weighted by atomic mass is 10.2. The minimum absolute atomic E-state index is 0.0685. The molecule has 3 rings (SSSR count). The van der Waals surface area contributed by atoms with Gasteiger partial charge in [-0.3, -0.25) is 9.36 Å². The van der Waals surface area contributed by atoms with Crippen molar-refractivity contribution >= 4 is 40.7 Å². The van der Waals surface area contributed by atoms with Crippen LogP contribution < -0.4 is 16.4 Å². The molecular formula is C17H18N6OS. The van der Waals surface area contributed by atoms with Gasteiger partial charge in [0.2, 0.25) is 11.9 Å². The minimum atomic E-state index is -0.189.